The average molecular weight is 440 g/mol. The minimum absolute atomic E-state index is 0.269. The number of hydrogen-bond acceptors (Lipinski definition) is 4. The van der Waals surface area contributed by atoms with Gasteiger partial charge in [-0.05, 0) is 43.4 Å². The first kappa shape index (κ1) is 24.5. The molecule has 1 fully saturated rings. The van der Waals surface area contributed by atoms with E-state index in [1.807, 2.05) is 24.3 Å². The van der Waals surface area contributed by atoms with Crippen molar-refractivity contribution in [3.05, 3.63) is 29.8 Å². The molecule has 1 aliphatic heterocycles. The van der Waals surface area contributed by atoms with Crippen molar-refractivity contribution in [2.75, 3.05) is 30.7 Å². The van der Waals surface area contributed by atoms with Gasteiger partial charge in [0.1, 0.15) is 0 Å². The molecule has 0 saturated carbocycles. The summed E-state index contributed by atoms with van der Waals surface area (Å²) in [6.45, 7) is 3.73. The van der Waals surface area contributed by atoms with Gasteiger partial charge in [0.15, 0.2) is 0 Å². The van der Waals surface area contributed by atoms with Gasteiger partial charge in [0.2, 0.25) is 10.0 Å². The van der Waals surface area contributed by atoms with E-state index in [0.717, 1.165) is 43.4 Å². The van der Waals surface area contributed by atoms with E-state index < -0.39 is 16.1 Å². The molecule has 0 aromatic heterocycles. The van der Waals surface area contributed by atoms with Gasteiger partial charge in [0.25, 0.3) is 0 Å². The van der Waals surface area contributed by atoms with Crippen LogP contribution in [0.2, 0.25) is 0 Å². The normalized spacial score (nSPS) is 15.8. The quantitative estimate of drug-likeness (QED) is 0.403. The van der Waals surface area contributed by atoms with Crippen molar-refractivity contribution in [3.8, 4) is 0 Å². The van der Waals surface area contributed by atoms with Crippen molar-refractivity contribution in [2.24, 2.45) is 0 Å². The molecule has 8 heteroatoms. The van der Waals surface area contributed by atoms with Crippen LogP contribution in [0.3, 0.4) is 0 Å². The Kier molecular flexibility index (Phi) is 10.4. The van der Waals surface area contributed by atoms with Crippen LogP contribution in [-0.2, 0) is 16.4 Å². The Balaban J connectivity index is 1.69. The first-order valence-electron chi connectivity index (χ1n) is 11.2. The van der Waals surface area contributed by atoms with E-state index in [-0.39, 0.29) is 11.8 Å². The summed E-state index contributed by atoms with van der Waals surface area (Å²) in [5.74, 6) is 0.273. The van der Waals surface area contributed by atoms with Crippen LogP contribution in [0, 0.1) is 0 Å². The topological polar surface area (TPSA) is 98.7 Å². The fourth-order valence-corrected chi connectivity index (χ4v) is 5.38. The number of nitrogens with zero attached hydrogens (tertiary/aromatic N) is 1. The summed E-state index contributed by atoms with van der Waals surface area (Å²) >= 11 is 0. The highest BCUT2D eigenvalue weighted by Crippen LogP contribution is 2.20. The lowest BCUT2D eigenvalue weighted by Crippen LogP contribution is -2.43. The maximum Gasteiger partial charge on any atom is 0.404 e. The van der Waals surface area contributed by atoms with Crippen LogP contribution < -0.4 is 10.6 Å². The van der Waals surface area contributed by atoms with Crippen LogP contribution >= 0.6 is 0 Å². The average Bonchev–Trinajstić information content (AvgIpc) is 2.72. The SMILES string of the molecule is CCCCCCCCS(=O)(=O)N1CCC(Nc2ccc(CCNC(=O)O)cc2)CC1. The first-order valence-corrected chi connectivity index (χ1v) is 12.8. The maximum absolute atomic E-state index is 12.6. The number of benzene rings is 1. The summed E-state index contributed by atoms with van der Waals surface area (Å²) in [6.07, 6.45) is 7.79. The maximum atomic E-state index is 12.6. The predicted octanol–water partition coefficient (Wildman–Crippen LogP) is 4.06. The van der Waals surface area contributed by atoms with E-state index in [0.29, 0.717) is 26.1 Å². The third-order valence-electron chi connectivity index (χ3n) is 5.62. The fraction of sp³-hybridized carbons (Fsp3) is 0.682. The Hall–Kier alpha value is -1.80. The monoisotopic (exact) mass is 439 g/mol. The molecule has 30 heavy (non-hydrogen) atoms. The van der Waals surface area contributed by atoms with Gasteiger partial charge in [-0.2, -0.15) is 0 Å². The van der Waals surface area contributed by atoms with Crippen molar-refractivity contribution in [2.45, 2.75) is 70.8 Å². The second kappa shape index (κ2) is 12.8. The molecule has 1 aromatic rings. The van der Waals surface area contributed by atoms with E-state index in [9.17, 15) is 13.2 Å². The molecule has 0 bridgehead atoms. The molecule has 1 aliphatic rings. The summed E-state index contributed by atoms with van der Waals surface area (Å²) in [7, 11) is -3.14. The number of nitrogens with one attached hydrogen (secondary N) is 2. The van der Waals surface area contributed by atoms with Crippen LogP contribution in [0.25, 0.3) is 0 Å². The molecule has 1 amide bonds. The lowest BCUT2D eigenvalue weighted by molar-refractivity contribution is 0.194. The number of hydrogen-bond donors (Lipinski definition) is 3. The van der Waals surface area contributed by atoms with E-state index in [4.69, 9.17) is 5.11 Å². The van der Waals surface area contributed by atoms with E-state index in [2.05, 4.69) is 17.6 Å². The highest BCUT2D eigenvalue weighted by atomic mass is 32.2. The zero-order valence-electron chi connectivity index (χ0n) is 18.1. The van der Waals surface area contributed by atoms with Gasteiger partial charge in [-0.25, -0.2) is 17.5 Å². The number of sulfonamides is 1. The number of anilines is 1. The predicted molar refractivity (Wildman–Crippen MR) is 122 cm³/mol. The molecule has 0 atom stereocenters. The van der Waals surface area contributed by atoms with Crippen molar-refractivity contribution in [1.82, 2.24) is 9.62 Å². The van der Waals surface area contributed by atoms with Gasteiger partial charge in [-0.1, -0.05) is 51.2 Å². The standard InChI is InChI=1S/C22H37N3O4S/c1-2-3-4-5-6-7-18-30(28,29)25-16-13-21(14-17-25)24-20-10-8-19(9-11-20)12-15-23-22(26)27/h8-11,21,23-24H,2-7,12-18H2,1H3,(H,26,27). The second-order valence-corrected chi connectivity index (χ2v) is 10.2. The van der Waals surface area contributed by atoms with Gasteiger partial charge in [-0.3, -0.25) is 0 Å². The minimum atomic E-state index is -3.14. The zero-order chi connectivity index (χ0) is 21.8. The smallest absolute Gasteiger partial charge is 0.404 e. The Morgan fingerprint density at radius 1 is 1.07 bits per heavy atom. The first-order chi connectivity index (χ1) is 14.4. The summed E-state index contributed by atoms with van der Waals surface area (Å²) < 4.78 is 26.8. The van der Waals surface area contributed by atoms with E-state index in [1.165, 1.54) is 19.3 Å². The number of unbranched alkanes of at least 4 members (excludes halogenated alkanes) is 5. The van der Waals surface area contributed by atoms with Crippen LogP contribution in [0.1, 0.15) is 63.9 Å². The molecule has 0 radical (unpaired) electrons. The largest absolute Gasteiger partial charge is 0.465 e. The molecule has 0 unspecified atom stereocenters. The Labute approximate surface area is 181 Å². The highest BCUT2D eigenvalue weighted by molar-refractivity contribution is 7.89. The number of carboxylic acid groups (broad SMARTS) is 1. The van der Waals surface area contributed by atoms with Crippen LogP contribution in [0.15, 0.2) is 24.3 Å². The molecule has 0 spiro atoms. The fourth-order valence-electron chi connectivity index (χ4n) is 3.79. The van der Waals surface area contributed by atoms with E-state index in [1.54, 1.807) is 4.31 Å². The van der Waals surface area contributed by atoms with E-state index >= 15 is 0 Å². The number of carbonyl (C=O) groups is 1. The van der Waals surface area contributed by atoms with Crippen molar-refractivity contribution >= 4 is 21.8 Å². The number of rotatable bonds is 13. The van der Waals surface area contributed by atoms with Crippen molar-refractivity contribution < 1.29 is 18.3 Å². The Morgan fingerprint density at radius 2 is 1.70 bits per heavy atom. The molecule has 1 aromatic carbocycles. The second-order valence-electron chi connectivity index (χ2n) is 8.08. The molecule has 0 aliphatic carbocycles. The van der Waals surface area contributed by atoms with Gasteiger partial charge < -0.3 is 15.7 Å². The van der Waals surface area contributed by atoms with Gasteiger partial charge >= 0.3 is 6.09 Å². The summed E-state index contributed by atoms with van der Waals surface area (Å²) in [5, 5.41) is 14.5. The molecular weight excluding hydrogens is 402 g/mol. The number of piperidine rings is 1. The minimum Gasteiger partial charge on any atom is -0.465 e. The number of amides is 1. The summed E-state index contributed by atoms with van der Waals surface area (Å²) in [5.41, 5.74) is 2.09. The van der Waals surface area contributed by atoms with Crippen molar-refractivity contribution in [1.29, 1.82) is 0 Å². The Morgan fingerprint density at radius 3 is 2.33 bits per heavy atom. The van der Waals surface area contributed by atoms with Crippen LogP contribution in [0.5, 0.6) is 0 Å². The zero-order valence-corrected chi connectivity index (χ0v) is 18.9. The lowest BCUT2D eigenvalue weighted by Gasteiger charge is -2.32. The summed E-state index contributed by atoms with van der Waals surface area (Å²) in [6, 6.07) is 8.25. The third-order valence-corrected chi connectivity index (χ3v) is 7.57. The summed E-state index contributed by atoms with van der Waals surface area (Å²) in [4.78, 5) is 10.5. The van der Waals surface area contributed by atoms with Gasteiger partial charge in [0, 0.05) is 31.4 Å². The van der Waals surface area contributed by atoms with Gasteiger partial charge in [-0.15, -0.1) is 0 Å². The molecule has 3 N–H and O–H groups in total. The van der Waals surface area contributed by atoms with Crippen LogP contribution in [-0.4, -0.2) is 55.4 Å². The molecule has 7 nitrogen and oxygen atoms in total. The lowest BCUT2D eigenvalue weighted by atomic mass is 10.1. The highest BCUT2D eigenvalue weighted by Gasteiger charge is 2.27. The molecule has 1 saturated heterocycles. The Bertz CT molecular complexity index is 729. The van der Waals surface area contributed by atoms with Crippen LogP contribution in [0.4, 0.5) is 10.5 Å². The van der Waals surface area contributed by atoms with Gasteiger partial charge in [0.05, 0.1) is 5.75 Å². The van der Waals surface area contributed by atoms with Crippen molar-refractivity contribution in [3.63, 3.8) is 0 Å². The molecular formula is C22H37N3O4S. The molecule has 1 heterocycles. The third kappa shape index (κ3) is 8.92. The molecule has 170 valence electrons. The molecule has 2 rings (SSSR count).